The van der Waals surface area contributed by atoms with E-state index >= 15 is 0 Å². The van der Waals surface area contributed by atoms with Gasteiger partial charge in [-0.15, -0.1) is 0 Å². The van der Waals surface area contributed by atoms with E-state index in [4.69, 9.17) is 9.47 Å². The Balaban J connectivity index is 1.20. The summed E-state index contributed by atoms with van der Waals surface area (Å²) < 4.78 is 25.0. The number of amides is 1. The molecule has 0 unspecified atom stereocenters. The SMILES string of the molecule is COc1cc2c(Nc3cc(CC(=O)Nc4cccc(F)c4)[nH]n3)ncnc2cc1OCCCN1CCC(O)CC1. The minimum atomic E-state index is -0.423. The number of ether oxygens (including phenoxy) is 2. The maximum atomic E-state index is 13.4. The van der Waals surface area contributed by atoms with Gasteiger partial charge in [-0.3, -0.25) is 9.89 Å². The fraction of sp³-hybridized carbons (Fsp3) is 0.357. The van der Waals surface area contributed by atoms with Gasteiger partial charge < -0.3 is 30.1 Å². The Hall–Kier alpha value is -4.29. The quantitative estimate of drug-likeness (QED) is 0.207. The fourth-order valence-corrected chi connectivity index (χ4v) is 4.63. The third-order valence-corrected chi connectivity index (χ3v) is 6.69. The van der Waals surface area contributed by atoms with Gasteiger partial charge in [0.25, 0.3) is 0 Å². The molecule has 1 fully saturated rings. The summed E-state index contributed by atoms with van der Waals surface area (Å²) in [4.78, 5) is 23.5. The first-order valence-corrected chi connectivity index (χ1v) is 13.2. The molecule has 4 N–H and O–H groups in total. The molecule has 1 aliphatic rings. The molecule has 2 aromatic heterocycles. The molecule has 11 nitrogen and oxygen atoms in total. The topological polar surface area (TPSA) is 138 Å². The summed E-state index contributed by atoms with van der Waals surface area (Å²) in [5.41, 5.74) is 1.63. The van der Waals surface area contributed by atoms with Crippen molar-refractivity contribution in [3.05, 3.63) is 60.3 Å². The molecule has 0 radical (unpaired) electrons. The number of halogens is 1. The zero-order valence-electron chi connectivity index (χ0n) is 22.2. The molecule has 0 aliphatic carbocycles. The van der Waals surface area contributed by atoms with Crippen LogP contribution in [0.25, 0.3) is 10.9 Å². The Bertz CT molecular complexity index is 1460. The van der Waals surface area contributed by atoms with Crippen molar-refractivity contribution in [1.29, 1.82) is 0 Å². The summed E-state index contributed by atoms with van der Waals surface area (Å²) in [5, 5.41) is 23.3. The summed E-state index contributed by atoms with van der Waals surface area (Å²) in [5.74, 6) is 1.42. The summed E-state index contributed by atoms with van der Waals surface area (Å²) in [6, 6.07) is 11.1. The molecule has 1 aliphatic heterocycles. The number of aliphatic hydroxyl groups excluding tert-OH is 1. The molecule has 0 saturated carbocycles. The van der Waals surface area contributed by atoms with E-state index in [0.29, 0.717) is 52.0 Å². The lowest BCUT2D eigenvalue weighted by Crippen LogP contribution is -2.36. The number of hydrogen-bond acceptors (Lipinski definition) is 9. The molecule has 12 heteroatoms. The van der Waals surface area contributed by atoms with Crippen molar-refractivity contribution < 1.29 is 23.8 Å². The maximum absolute atomic E-state index is 13.4. The number of carbonyl (C=O) groups excluding carboxylic acids is 1. The fourth-order valence-electron chi connectivity index (χ4n) is 4.63. The van der Waals surface area contributed by atoms with E-state index in [0.717, 1.165) is 38.9 Å². The number of aromatic amines is 1. The van der Waals surface area contributed by atoms with Gasteiger partial charge in [-0.2, -0.15) is 5.10 Å². The van der Waals surface area contributed by atoms with Crippen LogP contribution in [0.1, 0.15) is 25.0 Å². The predicted octanol–water partition coefficient (Wildman–Crippen LogP) is 3.65. The minimum absolute atomic E-state index is 0.0317. The van der Waals surface area contributed by atoms with Crippen molar-refractivity contribution in [3.63, 3.8) is 0 Å². The van der Waals surface area contributed by atoms with Gasteiger partial charge in [0.1, 0.15) is 18.0 Å². The van der Waals surface area contributed by atoms with Gasteiger partial charge in [0.05, 0.1) is 31.8 Å². The highest BCUT2D eigenvalue weighted by Crippen LogP contribution is 2.34. The van der Waals surface area contributed by atoms with Crippen LogP contribution < -0.4 is 20.1 Å². The molecule has 40 heavy (non-hydrogen) atoms. The third-order valence-electron chi connectivity index (χ3n) is 6.69. The molecule has 2 aromatic carbocycles. The number of carbonyl (C=O) groups is 1. The van der Waals surface area contributed by atoms with Gasteiger partial charge in [-0.1, -0.05) is 6.07 Å². The largest absolute Gasteiger partial charge is 0.493 e. The number of piperidine rings is 1. The molecule has 210 valence electrons. The van der Waals surface area contributed by atoms with E-state index in [1.807, 2.05) is 12.1 Å². The highest BCUT2D eigenvalue weighted by Gasteiger charge is 2.17. The van der Waals surface area contributed by atoms with Gasteiger partial charge >= 0.3 is 0 Å². The van der Waals surface area contributed by atoms with Crippen molar-refractivity contribution in [2.45, 2.75) is 31.8 Å². The van der Waals surface area contributed by atoms with Crippen LogP contribution in [0.4, 0.5) is 21.7 Å². The molecule has 0 spiro atoms. The number of nitrogens with zero attached hydrogens (tertiary/aromatic N) is 4. The van der Waals surface area contributed by atoms with Gasteiger partial charge in [0.15, 0.2) is 17.3 Å². The van der Waals surface area contributed by atoms with Crippen LogP contribution in [0.3, 0.4) is 0 Å². The highest BCUT2D eigenvalue weighted by atomic mass is 19.1. The Labute approximate surface area is 230 Å². The van der Waals surface area contributed by atoms with Crippen LogP contribution in [0, 0.1) is 5.82 Å². The molecule has 0 atom stereocenters. The van der Waals surface area contributed by atoms with Gasteiger partial charge in [0.2, 0.25) is 5.91 Å². The average molecular weight is 550 g/mol. The first-order valence-electron chi connectivity index (χ1n) is 13.2. The van der Waals surface area contributed by atoms with Crippen LogP contribution in [0.15, 0.2) is 48.8 Å². The monoisotopic (exact) mass is 549 g/mol. The van der Waals surface area contributed by atoms with Crippen molar-refractivity contribution in [2.24, 2.45) is 0 Å². The normalized spacial score (nSPS) is 14.3. The van der Waals surface area contributed by atoms with Gasteiger partial charge in [-0.05, 0) is 43.5 Å². The second-order valence-electron chi connectivity index (χ2n) is 9.66. The lowest BCUT2D eigenvalue weighted by molar-refractivity contribution is -0.115. The van der Waals surface area contributed by atoms with Gasteiger partial charge in [0, 0.05) is 48.5 Å². The summed E-state index contributed by atoms with van der Waals surface area (Å²) in [6.07, 6.45) is 3.80. The second-order valence-corrected chi connectivity index (χ2v) is 9.66. The number of methoxy groups -OCH3 is 1. The zero-order valence-corrected chi connectivity index (χ0v) is 22.2. The van der Waals surface area contributed by atoms with Crippen LogP contribution in [0.2, 0.25) is 0 Å². The maximum Gasteiger partial charge on any atom is 0.230 e. The number of aromatic nitrogens is 4. The third kappa shape index (κ3) is 7.01. The van der Waals surface area contributed by atoms with Crippen molar-refractivity contribution in [1.82, 2.24) is 25.1 Å². The van der Waals surface area contributed by atoms with Crippen molar-refractivity contribution in [2.75, 3.05) is 44.0 Å². The summed E-state index contributed by atoms with van der Waals surface area (Å²) >= 11 is 0. The second kappa shape index (κ2) is 12.7. The predicted molar refractivity (Wildman–Crippen MR) is 148 cm³/mol. The minimum Gasteiger partial charge on any atom is -0.493 e. The molecule has 3 heterocycles. The number of nitrogens with one attached hydrogen (secondary N) is 3. The Kier molecular flexibility index (Phi) is 8.67. The van der Waals surface area contributed by atoms with E-state index in [9.17, 15) is 14.3 Å². The molecule has 0 bridgehead atoms. The molecule has 1 amide bonds. The Morgan fingerprint density at radius 2 is 2.02 bits per heavy atom. The van der Waals surface area contributed by atoms with E-state index in [2.05, 4.69) is 35.7 Å². The lowest BCUT2D eigenvalue weighted by Gasteiger charge is -2.29. The Morgan fingerprint density at radius 1 is 1.18 bits per heavy atom. The molecule has 5 rings (SSSR count). The molecule has 4 aromatic rings. The van der Waals surface area contributed by atoms with Crippen LogP contribution in [0.5, 0.6) is 11.5 Å². The number of anilines is 3. The number of H-pyrrole nitrogens is 1. The average Bonchev–Trinajstić information content (AvgIpc) is 3.38. The standard InChI is InChI=1S/C28H32FN7O4/c1-39-24-15-22-23(16-25(24)40-11-3-8-36-9-6-21(37)7-10-36)30-17-31-28(22)33-26-13-20(34-35-26)14-27(38)32-19-5-2-4-18(29)12-19/h2,4-5,12-13,15-17,21,37H,3,6-11,14H2,1H3,(H,32,38)(H2,30,31,33,34,35). The highest BCUT2D eigenvalue weighted by molar-refractivity contribution is 5.93. The van der Waals surface area contributed by atoms with Crippen LogP contribution in [-0.4, -0.2) is 75.5 Å². The van der Waals surface area contributed by atoms with Gasteiger partial charge in [-0.25, -0.2) is 14.4 Å². The Morgan fingerprint density at radius 3 is 2.83 bits per heavy atom. The van der Waals surface area contributed by atoms with E-state index < -0.39 is 5.82 Å². The number of hydrogen-bond donors (Lipinski definition) is 4. The van der Waals surface area contributed by atoms with Crippen LogP contribution >= 0.6 is 0 Å². The number of rotatable bonds is 11. The molecule has 1 saturated heterocycles. The molecular formula is C28H32FN7O4. The number of likely N-dealkylation sites (tertiary alicyclic amines) is 1. The number of fused-ring (bicyclic) bond motifs is 1. The van der Waals surface area contributed by atoms with Crippen LogP contribution in [-0.2, 0) is 11.2 Å². The molecular weight excluding hydrogens is 517 g/mol. The first kappa shape index (κ1) is 27.3. The van der Waals surface area contributed by atoms with E-state index in [1.54, 1.807) is 19.2 Å². The van der Waals surface area contributed by atoms with Crippen molar-refractivity contribution >= 4 is 34.1 Å². The summed E-state index contributed by atoms with van der Waals surface area (Å²) in [6.45, 7) is 3.26. The number of benzene rings is 2. The van der Waals surface area contributed by atoms with E-state index in [-0.39, 0.29) is 18.4 Å². The number of aliphatic hydroxyl groups is 1. The van der Waals surface area contributed by atoms with E-state index in [1.165, 1.54) is 24.5 Å². The zero-order chi connectivity index (χ0) is 27.9. The smallest absolute Gasteiger partial charge is 0.230 e. The first-order chi connectivity index (χ1) is 19.5. The lowest BCUT2D eigenvalue weighted by atomic mass is 10.1. The summed E-state index contributed by atoms with van der Waals surface area (Å²) in [7, 11) is 1.58. The van der Waals surface area contributed by atoms with Crippen molar-refractivity contribution in [3.8, 4) is 11.5 Å².